The third-order valence-electron chi connectivity index (χ3n) is 3.80. The van der Waals surface area contributed by atoms with Gasteiger partial charge in [-0.3, -0.25) is 20.1 Å². The normalized spacial score (nSPS) is 10.3. The topological polar surface area (TPSA) is 120 Å². The van der Waals surface area contributed by atoms with E-state index in [0.29, 0.717) is 16.7 Å². The van der Waals surface area contributed by atoms with Gasteiger partial charge in [0.15, 0.2) is 6.61 Å². The van der Waals surface area contributed by atoms with Gasteiger partial charge in [0.2, 0.25) is 0 Å². The second-order valence-corrected chi connectivity index (χ2v) is 6.31. The largest absolute Gasteiger partial charge is 0.480 e. The first-order chi connectivity index (χ1) is 14.5. The molecule has 0 aliphatic rings. The lowest BCUT2D eigenvalue weighted by Crippen LogP contribution is -2.34. The van der Waals surface area contributed by atoms with E-state index in [1.165, 1.54) is 30.5 Å². The molecule has 9 nitrogen and oxygen atoms in total. The van der Waals surface area contributed by atoms with E-state index in [2.05, 4.69) is 20.6 Å². The van der Waals surface area contributed by atoms with Crippen molar-refractivity contribution in [2.24, 2.45) is 0 Å². The van der Waals surface area contributed by atoms with Crippen LogP contribution in [-0.4, -0.2) is 41.1 Å². The first-order valence-corrected chi connectivity index (χ1v) is 9.25. The number of nitrogens with zero attached hydrogens (tertiary/aromatic N) is 2. The fraction of sp³-hybridized carbons (Fsp3) is 0.150. The molecule has 3 rings (SSSR count). The van der Waals surface area contributed by atoms with Crippen LogP contribution in [0.25, 0.3) is 11.0 Å². The van der Waals surface area contributed by atoms with Crippen molar-refractivity contribution in [3.05, 3.63) is 59.4 Å². The van der Waals surface area contributed by atoms with Crippen LogP contribution in [0.15, 0.2) is 48.8 Å². The molecule has 10 heteroatoms. The molecule has 0 fully saturated rings. The minimum atomic E-state index is -0.740. The number of ether oxygens (including phenoxy) is 2. The van der Waals surface area contributed by atoms with E-state index in [9.17, 15) is 14.4 Å². The Morgan fingerprint density at radius 2 is 1.80 bits per heavy atom. The highest BCUT2D eigenvalue weighted by molar-refractivity contribution is 6.32. The summed E-state index contributed by atoms with van der Waals surface area (Å²) in [6.45, 7) is 1.65. The van der Waals surface area contributed by atoms with Gasteiger partial charge in [0, 0.05) is 23.6 Å². The molecule has 0 atom stereocenters. The van der Waals surface area contributed by atoms with Crippen LogP contribution >= 0.6 is 11.6 Å². The quantitative estimate of drug-likeness (QED) is 0.578. The number of carbonyl (C=O) groups excluding carboxylic acids is 3. The van der Waals surface area contributed by atoms with Gasteiger partial charge in [-0.15, -0.1) is 0 Å². The first-order valence-electron chi connectivity index (χ1n) is 8.87. The van der Waals surface area contributed by atoms with Crippen molar-refractivity contribution in [2.75, 3.05) is 18.5 Å². The molecule has 0 unspecified atom stereocenters. The third kappa shape index (κ3) is 5.42. The van der Waals surface area contributed by atoms with E-state index in [-0.39, 0.29) is 29.5 Å². The minimum Gasteiger partial charge on any atom is -0.480 e. The molecule has 2 N–H and O–H groups in total. The summed E-state index contributed by atoms with van der Waals surface area (Å²) in [5.74, 6) is -0.863. The maximum Gasteiger partial charge on any atom is 0.344 e. The number of nitrogens with one attached hydrogen (secondary N) is 2. The lowest BCUT2D eigenvalue weighted by atomic mass is 10.2. The molecule has 1 heterocycles. The summed E-state index contributed by atoms with van der Waals surface area (Å²) in [5.41, 5.74) is 1.77. The molecule has 3 aromatic rings. The van der Waals surface area contributed by atoms with Crippen LogP contribution in [0.2, 0.25) is 5.02 Å². The molecule has 3 amide bonds. The van der Waals surface area contributed by atoms with Crippen molar-refractivity contribution >= 4 is 46.2 Å². The van der Waals surface area contributed by atoms with Gasteiger partial charge in [0.05, 0.1) is 22.7 Å². The predicted octanol–water partition coefficient (Wildman–Crippen LogP) is 3.19. The number of carbonyl (C=O) groups is 3. The number of rotatable bonds is 6. The van der Waals surface area contributed by atoms with Gasteiger partial charge >= 0.3 is 12.0 Å². The third-order valence-corrected chi connectivity index (χ3v) is 4.09. The highest BCUT2D eigenvalue weighted by Crippen LogP contribution is 2.27. The summed E-state index contributed by atoms with van der Waals surface area (Å²) < 4.78 is 10.0. The Morgan fingerprint density at radius 1 is 1.03 bits per heavy atom. The summed E-state index contributed by atoms with van der Waals surface area (Å²) in [5, 5.41) is 4.90. The van der Waals surface area contributed by atoms with Crippen LogP contribution in [0.3, 0.4) is 0 Å². The van der Waals surface area contributed by atoms with Crippen LogP contribution in [0, 0.1) is 0 Å². The zero-order chi connectivity index (χ0) is 21.5. The molecule has 0 spiro atoms. The Labute approximate surface area is 176 Å². The van der Waals surface area contributed by atoms with Gasteiger partial charge in [0.25, 0.3) is 5.91 Å². The predicted molar refractivity (Wildman–Crippen MR) is 110 cm³/mol. The highest BCUT2D eigenvalue weighted by atomic mass is 35.5. The van der Waals surface area contributed by atoms with Crippen LogP contribution in [0.1, 0.15) is 17.3 Å². The van der Waals surface area contributed by atoms with E-state index in [1.807, 2.05) is 0 Å². The summed E-state index contributed by atoms with van der Waals surface area (Å²) in [6.07, 6.45) is 3.06. The molecular formula is C20H17ClN4O5. The zero-order valence-corrected chi connectivity index (χ0v) is 16.6. The average Bonchev–Trinajstić information content (AvgIpc) is 2.73. The number of amides is 3. The fourth-order valence-electron chi connectivity index (χ4n) is 2.48. The van der Waals surface area contributed by atoms with Crippen LogP contribution in [-0.2, 0) is 9.53 Å². The molecule has 0 aliphatic heterocycles. The van der Waals surface area contributed by atoms with E-state index in [0.717, 1.165) is 0 Å². The molecule has 0 radical (unpaired) electrons. The lowest BCUT2D eigenvalue weighted by molar-refractivity contribution is -0.145. The van der Waals surface area contributed by atoms with Gasteiger partial charge in [-0.2, -0.15) is 0 Å². The molecule has 0 aliphatic carbocycles. The van der Waals surface area contributed by atoms with Gasteiger partial charge in [-0.05, 0) is 43.3 Å². The number of aromatic nitrogens is 2. The number of esters is 1. The van der Waals surface area contributed by atoms with Crippen molar-refractivity contribution in [1.29, 1.82) is 0 Å². The molecule has 0 saturated carbocycles. The minimum absolute atomic E-state index is 0.177. The number of imide groups is 1. The van der Waals surface area contributed by atoms with Crippen LogP contribution in [0.4, 0.5) is 10.5 Å². The number of fused-ring (bicyclic) bond motifs is 1. The van der Waals surface area contributed by atoms with Crippen LogP contribution in [0.5, 0.6) is 5.75 Å². The van der Waals surface area contributed by atoms with Gasteiger partial charge < -0.3 is 14.8 Å². The number of hydrogen-bond acceptors (Lipinski definition) is 7. The molecule has 2 aromatic carbocycles. The lowest BCUT2D eigenvalue weighted by Gasteiger charge is -2.10. The Kier molecular flexibility index (Phi) is 6.76. The Hall–Kier alpha value is -3.72. The summed E-state index contributed by atoms with van der Waals surface area (Å²) in [6, 6.07) is 8.42. The molecule has 0 saturated heterocycles. The van der Waals surface area contributed by atoms with Gasteiger partial charge in [0.1, 0.15) is 5.75 Å². The SMILES string of the molecule is CCOC(=O)COc1ccc(NC(=O)NC(=O)c2ccc3nccnc3c2)cc1Cl. The van der Waals surface area contributed by atoms with E-state index in [4.69, 9.17) is 21.1 Å². The first kappa shape index (κ1) is 21.0. The summed E-state index contributed by atoms with van der Waals surface area (Å²) >= 11 is 6.10. The number of halogens is 1. The van der Waals surface area contributed by atoms with Crippen molar-refractivity contribution < 1.29 is 23.9 Å². The molecule has 1 aromatic heterocycles. The highest BCUT2D eigenvalue weighted by Gasteiger charge is 2.13. The van der Waals surface area contributed by atoms with Crippen molar-refractivity contribution in [2.45, 2.75) is 6.92 Å². The summed E-state index contributed by atoms with van der Waals surface area (Å²) in [4.78, 5) is 44.0. The molecule has 154 valence electrons. The number of urea groups is 1. The number of anilines is 1. The monoisotopic (exact) mass is 428 g/mol. The maximum atomic E-state index is 12.3. The fourth-order valence-corrected chi connectivity index (χ4v) is 2.71. The second-order valence-electron chi connectivity index (χ2n) is 5.91. The van der Waals surface area contributed by atoms with E-state index in [1.54, 1.807) is 25.3 Å². The molecule has 0 bridgehead atoms. The second kappa shape index (κ2) is 9.66. The molecular weight excluding hydrogens is 412 g/mol. The zero-order valence-electron chi connectivity index (χ0n) is 15.8. The molecule has 30 heavy (non-hydrogen) atoms. The average molecular weight is 429 g/mol. The smallest absolute Gasteiger partial charge is 0.344 e. The van der Waals surface area contributed by atoms with E-state index >= 15 is 0 Å². The van der Waals surface area contributed by atoms with Gasteiger partial charge in [-0.1, -0.05) is 11.6 Å². The standard InChI is InChI=1S/C20H17ClN4O5/c1-2-29-18(26)11-30-17-6-4-13(10-14(17)21)24-20(28)25-19(27)12-3-5-15-16(9-12)23-8-7-22-15/h3-10H,2,11H2,1H3,(H2,24,25,27,28). The Morgan fingerprint density at radius 3 is 2.53 bits per heavy atom. The van der Waals surface area contributed by atoms with Crippen molar-refractivity contribution in [1.82, 2.24) is 15.3 Å². The van der Waals surface area contributed by atoms with E-state index < -0.39 is 17.9 Å². The van der Waals surface area contributed by atoms with Crippen molar-refractivity contribution in [3.63, 3.8) is 0 Å². The number of hydrogen-bond donors (Lipinski definition) is 2. The van der Waals surface area contributed by atoms with Crippen LogP contribution < -0.4 is 15.4 Å². The Bertz CT molecular complexity index is 1110. The number of benzene rings is 2. The summed E-state index contributed by atoms with van der Waals surface area (Å²) in [7, 11) is 0. The van der Waals surface area contributed by atoms with Crippen molar-refractivity contribution in [3.8, 4) is 5.75 Å². The van der Waals surface area contributed by atoms with Gasteiger partial charge in [-0.25, -0.2) is 9.59 Å². The maximum absolute atomic E-state index is 12.3. The Balaban J connectivity index is 1.59.